The molecular weight excluding hydrogens is 304 g/mol. The molecule has 4 heteroatoms. The van der Waals surface area contributed by atoms with Crippen LogP contribution in [0, 0.1) is 0 Å². The van der Waals surface area contributed by atoms with E-state index in [9.17, 15) is 9.59 Å². The predicted molar refractivity (Wildman–Crippen MR) is 89.7 cm³/mol. The number of ketones is 1. The zero-order valence-corrected chi connectivity index (χ0v) is 13.2. The van der Waals surface area contributed by atoms with Gasteiger partial charge in [-0.1, -0.05) is 54.6 Å². The summed E-state index contributed by atoms with van der Waals surface area (Å²) in [5, 5.41) is 0. The molecule has 0 radical (unpaired) electrons. The summed E-state index contributed by atoms with van der Waals surface area (Å²) in [5.41, 5.74) is 2.34. The summed E-state index contributed by atoms with van der Waals surface area (Å²) in [4.78, 5) is 23.3. The summed E-state index contributed by atoms with van der Waals surface area (Å²) in [6, 6.07) is 19.8. The van der Waals surface area contributed by atoms with Crippen LogP contribution in [0.3, 0.4) is 0 Å². The molecule has 0 atom stereocenters. The van der Waals surface area contributed by atoms with Gasteiger partial charge in [-0.15, -0.1) is 0 Å². The van der Waals surface area contributed by atoms with Crippen LogP contribution in [0.2, 0.25) is 0 Å². The van der Waals surface area contributed by atoms with Crippen molar-refractivity contribution in [1.29, 1.82) is 0 Å². The Balaban J connectivity index is 1.68. The monoisotopic (exact) mass is 320 g/mol. The van der Waals surface area contributed by atoms with Crippen LogP contribution < -0.4 is 0 Å². The number of carbonyl (C=O) groups is 2. The lowest BCUT2D eigenvalue weighted by Crippen LogP contribution is -2.03. The van der Waals surface area contributed by atoms with Crippen molar-refractivity contribution in [2.75, 3.05) is 0 Å². The number of hydrogen-bond acceptors (Lipinski definition) is 4. The molecule has 0 saturated carbocycles. The summed E-state index contributed by atoms with van der Waals surface area (Å²) in [5.74, 6) is 0.199. The van der Waals surface area contributed by atoms with Crippen LogP contribution in [-0.4, -0.2) is 11.8 Å². The number of rotatable bonds is 5. The van der Waals surface area contributed by atoms with Crippen molar-refractivity contribution in [2.45, 2.75) is 13.5 Å². The van der Waals surface area contributed by atoms with Crippen molar-refractivity contribution in [1.82, 2.24) is 0 Å². The molecule has 0 fully saturated rings. The van der Waals surface area contributed by atoms with Crippen molar-refractivity contribution in [2.24, 2.45) is 0 Å². The molecule has 4 nitrogen and oxygen atoms in total. The smallest absolute Gasteiger partial charge is 0.374 e. The Bertz CT molecular complexity index is 845. The minimum absolute atomic E-state index is 0.00572. The van der Waals surface area contributed by atoms with Crippen LogP contribution in [0.15, 0.2) is 71.1 Å². The first-order chi connectivity index (χ1) is 11.6. The van der Waals surface area contributed by atoms with Gasteiger partial charge >= 0.3 is 5.97 Å². The molecule has 24 heavy (non-hydrogen) atoms. The van der Waals surface area contributed by atoms with Crippen molar-refractivity contribution in [3.63, 3.8) is 0 Å². The van der Waals surface area contributed by atoms with Crippen LogP contribution in [0.1, 0.15) is 33.4 Å². The highest BCUT2D eigenvalue weighted by molar-refractivity contribution is 5.94. The minimum Gasteiger partial charge on any atom is -0.455 e. The molecule has 0 N–H and O–H groups in total. The van der Waals surface area contributed by atoms with Gasteiger partial charge in [0.05, 0.1) is 0 Å². The zero-order valence-electron chi connectivity index (χ0n) is 13.2. The topological polar surface area (TPSA) is 56.5 Å². The molecule has 0 saturated heterocycles. The van der Waals surface area contributed by atoms with E-state index in [4.69, 9.17) is 9.15 Å². The largest absolute Gasteiger partial charge is 0.455 e. The number of esters is 1. The molecule has 0 unspecified atom stereocenters. The summed E-state index contributed by atoms with van der Waals surface area (Å²) in [7, 11) is 0. The fourth-order valence-electron chi connectivity index (χ4n) is 2.27. The number of carbonyl (C=O) groups excluding carboxylic acids is 2. The third kappa shape index (κ3) is 3.60. The molecule has 1 heterocycles. The van der Waals surface area contributed by atoms with Gasteiger partial charge in [0.2, 0.25) is 5.76 Å². The Morgan fingerprint density at radius 3 is 2.29 bits per heavy atom. The van der Waals surface area contributed by atoms with Gasteiger partial charge in [0.1, 0.15) is 12.4 Å². The first-order valence-corrected chi connectivity index (χ1v) is 7.56. The van der Waals surface area contributed by atoms with Crippen molar-refractivity contribution < 1.29 is 18.7 Å². The van der Waals surface area contributed by atoms with E-state index in [2.05, 4.69) is 0 Å². The molecular formula is C20H16O4. The van der Waals surface area contributed by atoms with Gasteiger partial charge < -0.3 is 9.15 Å². The lowest BCUT2D eigenvalue weighted by molar-refractivity contribution is 0.0437. The maximum Gasteiger partial charge on any atom is 0.374 e. The Labute approximate surface area is 139 Å². The van der Waals surface area contributed by atoms with E-state index in [-0.39, 0.29) is 18.2 Å². The molecule has 3 aromatic rings. The molecule has 0 bridgehead atoms. The SMILES string of the molecule is CC(=O)c1ccc(-c2ccc(C(=O)OCc3ccccc3)o2)cc1. The highest BCUT2D eigenvalue weighted by Crippen LogP contribution is 2.23. The van der Waals surface area contributed by atoms with E-state index >= 15 is 0 Å². The Kier molecular flexibility index (Phi) is 4.57. The normalized spacial score (nSPS) is 10.4. The standard InChI is InChI=1S/C20H16O4/c1-14(21)16-7-9-17(10-8-16)18-11-12-19(24-18)20(22)23-13-15-5-3-2-4-6-15/h2-12H,13H2,1H3. The Morgan fingerprint density at radius 1 is 0.917 bits per heavy atom. The zero-order chi connectivity index (χ0) is 16.9. The van der Waals surface area contributed by atoms with Crippen molar-refractivity contribution in [3.05, 3.63) is 83.6 Å². The second-order valence-corrected chi connectivity index (χ2v) is 5.36. The van der Waals surface area contributed by atoms with E-state index in [1.165, 1.54) is 6.92 Å². The quantitative estimate of drug-likeness (QED) is 0.513. The van der Waals surface area contributed by atoms with Crippen LogP contribution in [0.4, 0.5) is 0 Å². The van der Waals surface area contributed by atoms with Crippen LogP contribution in [0.25, 0.3) is 11.3 Å². The molecule has 0 spiro atoms. The summed E-state index contributed by atoms with van der Waals surface area (Å²) in [6.07, 6.45) is 0. The van der Waals surface area contributed by atoms with Gasteiger partial charge in [-0.25, -0.2) is 4.79 Å². The van der Waals surface area contributed by atoms with Crippen LogP contribution in [-0.2, 0) is 11.3 Å². The van der Waals surface area contributed by atoms with Gasteiger partial charge in [-0.05, 0) is 24.6 Å². The number of ether oxygens (including phenoxy) is 1. The minimum atomic E-state index is -0.509. The maximum absolute atomic E-state index is 12.0. The molecule has 2 aromatic carbocycles. The van der Waals surface area contributed by atoms with E-state index < -0.39 is 5.97 Å². The third-order valence-electron chi connectivity index (χ3n) is 3.60. The van der Waals surface area contributed by atoms with E-state index in [0.717, 1.165) is 11.1 Å². The molecule has 0 aliphatic carbocycles. The third-order valence-corrected chi connectivity index (χ3v) is 3.60. The average Bonchev–Trinajstić information content (AvgIpc) is 3.11. The van der Waals surface area contributed by atoms with Gasteiger partial charge in [-0.3, -0.25) is 4.79 Å². The van der Waals surface area contributed by atoms with E-state index in [1.54, 1.807) is 36.4 Å². The number of benzene rings is 2. The van der Waals surface area contributed by atoms with Gasteiger partial charge in [0.15, 0.2) is 5.78 Å². The van der Waals surface area contributed by atoms with E-state index in [1.807, 2.05) is 30.3 Å². The average molecular weight is 320 g/mol. The number of furan rings is 1. The summed E-state index contributed by atoms with van der Waals surface area (Å²) in [6.45, 7) is 1.71. The fraction of sp³-hybridized carbons (Fsp3) is 0.100. The van der Waals surface area contributed by atoms with Gasteiger partial charge in [-0.2, -0.15) is 0 Å². The second kappa shape index (κ2) is 6.96. The van der Waals surface area contributed by atoms with Crippen LogP contribution >= 0.6 is 0 Å². The van der Waals surface area contributed by atoms with Crippen molar-refractivity contribution in [3.8, 4) is 11.3 Å². The lowest BCUT2D eigenvalue weighted by atomic mass is 10.1. The van der Waals surface area contributed by atoms with Gasteiger partial charge in [0, 0.05) is 11.1 Å². The lowest BCUT2D eigenvalue weighted by Gasteiger charge is -2.03. The Hall–Kier alpha value is -3.14. The molecule has 0 aliphatic rings. The number of hydrogen-bond donors (Lipinski definition) is 0. The summed E-state index contributed by atoms with van der Waals surface area (Å²) < 4.78 is 10.8. The van der Waals surface area contributed by atoms with Crippen molar-refractivity contribution >= 4 is 11.8 Å². The summed E-state index contributed by atoms with van der Waals surface area (Å²) >= 11 is 0. The van der Waals surface area contributed by atoms with Crippen LogP contribution in [0.5, 0.6) is 0 Å². The Morgan fingerprint density at radius 2 is 1.62 bits per heavy atom. The molecule has 1 aromatic heterocycles. The highest BCUT2D eigenvalue weighted by atomic mass is 16.5. The van der Waals surface area contributed by atoms with E-state index in [0.29, 0.717) is 11.3 Å². The number of Topliss-reactive ketones (excluding diaryl/α,β-unsaturated/α-hetero) is 1. The van der Waals surface area contributed by atoms with Gasteiger partial charge in [0.25, 0.3) is 0 Å². The highest BCUT2D eigenvalue weighted by Gasteiger charge is 2.14. The molecule has 0 aliphatic heterocycles. The first-order valence-electron chi connectivity index (χ1n) is 7.56. The molecule has 120 valence electrons. The molecule has 3 rings (SSSR count). The maximum atomic E-state index is 12.0. The molecule has 0 amide bonds. The predicted octanol–water partition coefficient (Wildman–Crippen LogP) is 4.51. The second-order valence-electron chi connectivity index (χ2n) is 5.36. The fourth-order valence-corrected chi connectivity index (χ4v) is 2.27. The first kappa shape index (κ1) is 15.7.